The summed E-state index contributed by atoms with van der Waals surface area (Å²) < 4.78 is 18.1. The minimum atomic E-state index is -0.613. The number of aliphatic hydroxyl groups is 2. The molecule has 1 aliphatic heterocycles. The molecule has 6 aromatic rings. The van der Waals surface area contributed by atoms with Crippen LogP contribution in [0.1, 0.15) is 104 Å². The van der Waals surface area contributed by atoms with E-state index in [4.69, 9.17) is 4.74 Å². The summed E-state index contributed by atoms with van der Waals surface area (Å²) in [5, 5.41) is 20.0. The van der Waals surface area contributed by atoms with Gasteiger partial charge < -0.3 is 53.1 Å². The van der Waals surface area contributed by atoms with Crippen molar-refractivity contribution < 1.29 is 36.7 Å². The summed E-state index contributed by atoms with van der Waals surface area (Å²) in [6, 6.07) is 0. The molecule has 2 N–H and O–H groups in total. The summed E-state index contributed by atoms with van der Waals surface area (Å²) in [5.41, 5.74) is -0.514. The van der Waals surface area contributed by atoms with Gasteiger partial charge in [0.2, 0.25) is 0 Å². The van der Waals surface area contributed by atoms with Gasteiger partial charge in [0.25, 0.3) is 16.7 Å². The molecule has 0 bridgehead atoms. The largest absolute Gasteiger partial charge is 2.00 e. The third-order valence-corrected chi connectivity index (χ3v) is 14.8. The van der Waals surface area contributed by atoms with Gasteiger partial charge >= 0.3 is 40.1 Å². The number of aromatic nitrogens is 12. The van der Waals surface area contributed by atoms with E-state index in [0.29, 0.717) is 91.7 Å². The maximum Gasteiger partial charge on any atom is 2.00 e. The predicted octanol–water partition coefficient (Wildman–Crippen LogP) is -1.19. The second kappa shape index (κ2) is 25.2. The minimum absolute atomic E-state index is 0. The molecule has 24 heteroatoms. The van der Waals surface area contributed by atoms with Gasteiger partial charge in [0.15, 0.2) is 33.5 Å². The van der Waals surface area contributed by atoms with Gasteiger partial charge in [0, 0.05) is 88.0 Å². The molecule has 3 saturated carbocycles. The second-order valence-electron chi connectivity index (χ2n) is 20.5. The number of rotatable bonds is 6. The fourth-order valence-corrected chi connectivity index (χ4v) is 10.1. The first-order chi connectivity index (χ1) is 33.1. The average molecular weight is 1090 g/mol. The van der Waals surface area contributed by atoms with Crippen molar-refractivity contribution in [2.75, 3.05) is 13.2 Å². The topological polar surface area (TPSA) is 252 Å². The molecule has 4 aliphatic rings. The van der Waals surface area contributed by atoms with E-state index in [-0.39, 0.29) is 105 Å². The first kappa shape index (κ1) is 60.8. The number of carbonyl (C=O) groups is 1. The van der Waals surface area contributed by atoms with Crippen LogP contribution in [0.3, 0.4) is 0 Å². The van der Waals surface area contributed by atoms with Gasteiger partial charge in [-0.25, -0.2) is 29.3 Å². The van der Waals surface area contributed by atoms with Crippen molar-refractivity contribution in [1.29, 1.82) is 0 Å². The Balaban J connectivity index is 0.000000221. The van der Waals surface area contributed by atoms with Crippen LogP contribution in [0.15, 0.2) is 47.7 Å². The Morgan fingerprint density at radius 2 is 0.795 bits per heavy atom. The van der Waals surface area contributed by atoms with Gasteiger partial charge in [-0.3, -0.25) is 46.6 Å². The molecule has 4 fully saturated rings. The number of aryl methyl sites for hydroxylation is 6. The molecule has 10 rings (SSSR count). The van der Waals surface area contributed by atoms with Crippen molar-refractivity contribution in [2.24, 2.45) is 60.0 Å². The molecule has 398 valence electrons. The summed E-state index contributed by atoms with van der Waals surface area (Å²) >= 11 is 0. The summed E-state index contributed by atoms with van der Waals surface area (Å²) in [5.74, 6) is 0.972. The zero-order valence-corrected chi connectivity index (χ0v) is 47.0. The van der Waals surface area contributed by atoms with Crippen LogP contribution < -0.4 is 50.7 Å². The molecule has 0 spiro atoms. The Hall–Kier alpha value is -4.75. The smallest absolute Gasteiger partial charge is 1.00 e. The van der Waals surface area contributed by atoms with Crippen LogP contribution in [0.4, 0.5) is 0 Å². The number of imidazole rings is 3. The predicted molar refractivity (Wildman–Crippen MR) is 275 cm³/mol. The van der Waals surface area contributed by atoms with Crippen LogP contribution in [0, 0.1) is 25.2 Å². The van der Waals surface area contributed by atoms with Gasteiger partial charge in [-0.2, -0.15) is 0 Å². The first-order valence-corrected chi connectivity index (χ1v) is 24.5. The number of hydrogen-bond acceptors (Lipinski definition) is 13. The summed E-state index contributed by atoms with van der Waals surface area (Å²) in [6.45, 7) is 6.87. The molecule has 7 heterocycles. The third-order valence-electron chi connectivity index (χ3n) is 14.8. The second-order valence-corrected chi connectivity index (χ2v) is 20.5. The quantitative estimate of drug-likeness (QED) is 0.147. The number of ether oxygens (including phenoxy) is 1. The zero-order valence-electron chi connectivity index (χ0n) is 44.0. The normalized spacial score (nSPS) is 22.0. The maximum absolute atomic E-state index is 12.6. The number of Topliss-reactive ketones (excluding diaryl/α,β-unsaturated/α-hetero) is 1. The van der Waals surface area contributed by atoms with Crippen molar-refractivity contribution in [3.63, 3.8) is 0 Å². The van der Waals surface area contributed by atoms with Crippen molar-refractivity contribution >= 4 is 62.3 Å². The monoisotopic (exact) mass is 1090 g/mol. The maximum atomic E-state index is 12.6. The first-order valence-electron chi connectivity index (χ1n) is 24.5. The van der Waals surface area contributed by atoms with Crippen LogP contribution in [0.2, 0.25) is 0 Å². The Bertz CT molecular complexity index is 3080. The van der Waals surface area contributed by atoms with Crippen LogP contribution in [0.5, 0.6) is 0 Å². The average Bonchev–Trinajstić information content (AvgIpc) is 4.17. The number of fused-ring (bicyclic) bond motifs is 3. The Labute approximate surface area is 449 Å². The van der Waals surface area contributed by atoms with Gasteiger partial charge in [-0.05, 0) is 109 Å². The summed E-state index contributed by atoms with van der Waals surface area (Å²) in [6.07, 6.45) is 15.9. The van der Waals surface area contributed by atoms with Gasteiger partial charge in [-0.1, -0.05) is 0 Å². The third kappa shape index (κ3) is 13.6. The molecule has 1 saturated heterocycles. The number of nitrogens with zero attached hydrogens (tertiary/aromatic N) is 12. The van der Waals surface area contributed by atoms with E-state index in [1.807, 2.05) is 13.8 Å². The standard InChI is InChI=1S/2C15H22N4O3.C14H18N4O3.C4H8O.CH3.BrH.Mg/c2*1-15(22)6-4-10(5-7-15)8-19-13(20)11-12(16-9-17(11)2)18(3)14(19)21;1-16-8-15-12-11(16)13(20)18(14(21)17(12)2)7-9-3-5-10(19)6-4-9;1-2-4-5-3-1;;;/h2*9-10,22H,4-8H2,1-3H3;8-9H,3-7H2,1-2H3;1-4H2;1H3;1H;/q;;;;-1;;+2/p-1. The molecule has 0 aromatic carbocycles. The molecule has 22 nitrogen and oxygen atoms in total. The van der Waals surface area contributed by atoms with Crippen LogP contribution in [-0.2, 0) is 71.5 Å². The molecule has 0 radical (unpaired) electrons. The minimum Gasteiger partial charge on any atom is -1.00 e. The fraction of sp³-hybridized carbons (Fsp3) is 0.653. The molecule has 73 heavy (non-hydrogen) atoms. The number of ketones is 1. The Morgan fingerprint density at radius 3 is 1.05 bits per heavy atom. The van der Waals surface area contributed by atoms with E-state index in [0.717, 1.165) is 51.7 Å². The molecule has 6 aromatic heterocycles. The fourth-order valence-electron chi connectivity index (χ4n) is 10.1. The van der Waals surface area contributed by atoms with Crippen molar-refractivity contribution in [2.45, 2.75) is 135 Å². The molecular formula is C49H73BrMgN12O10. The van der Waals surface area contributed by atoms with Gasteiger partial charge in [0.1, 0.15) is 5.78 Å². The SMILES string of the molecule is C1CCOC1.Cn1cnc2c1c(=O)n(CC1CCC(=O)CC1)c(=O)n2C.Cn1cnc2c1c(=O)n(CC1CCC(C)(O)CC1)c(=O)n2C.Cn1cnc2c1c(=O)n(CC1CCC(C)(O)CC1)c(=O)n2C.[Br-].[CH3-].[Mg+2]. The zero-order chi connectivity index (χ0) is 50.8. The van der Waals surface area contributed by atoms with Crippen LogP contribution in [-0.4, -0.2) is 120 Å². The number of hydrogen-bond donors (Lipinski definition) is 2. The van der Waals surface area contributed by atoms with Crippen molar-refractivity contribution in [3.05, 3.63) is 88.9 Å². The van der Waals surface area contributed by atoms with E-state index in [2.05, 4.69) is 15.0 Å². The molecule has 3 aliphatic carbocycles. The number of halogens is 1. The van der Waals surface area contributed by atoms with E-state index < -0.39 is 11.2 Å². The van der Waals surface area contributed by atoms with Crippen molar-refractivity contribution in [1.82, 2.24) is 56.1 Å². The van der Waals surface area contributed by atoms with Gasteiger partial charge in [0.05, 0.1) is 30.2 Å². The van der Waals surface area contributed by atoms with Crippen molar-refractivity contribution in [3.8, 4) is 0 Å². The Morgan fingerprint density at radius 1 is 0.521 bits per heavy atom. The van der Waals surface area contributed by atoms with E-state index in [9.17, 15) is 43.8 Å². The van der Waals surface area contributed by atoms with Gasteiger partial charge in [-0.15, -0.1) is 0 Å². The molecule has 0 amide bonds. The molecule has 0 atom stereocenters. The Kier molecular flexibility index (Phi) is 21.0. The van der Waals surface area contributed by atoms with E-state index in [1.54, 1.807) is 68.6 Å². The van der Waals surface area contributed by atoms with E-state index in [1.165, 1.54) is 46.6 Å². The number of carbonyl (C=O) groups excluding carboxylic acids is 1. The van der Waals surface area contributed by atoms with Crippen LogP contribution >= 0.6 is 0 Å². The van der Waals surface area contributed by atoms with Crippen LogP contribution in [0.25, 0.3) is 33.5 Å². The summed E-state index contributed by atoms with van der Waals surface area (Å²) in [4.78, 5) is 98.7. The summed E-state index contributed by atoms with van der Waals surface area (Å²) in [7, 11) is 10.1. The molecular weight excluding hydrogens is 1020 g/mol. The molecule has 0 unspecified atom stereocenters. The van der Waals surface area contributed by atoms with E-state index >= 15 is 0 Å².